The lowest BCUT2D eigenvalue weighted by Crippen LogP contribution is -2.14. The van der Waals surface area contributed by atoms with Gasteiger partial charge in [0.05, 0.1) is 11.0 Å². The minimum atomic E-state index is -2.83. The van der Waals surface area contributed by atoms with Gasteiger partial charge in [-0.05, 0) is 44.0 Å². The van der Waals surface area contributed by atoms with E-state index in [4.69, 9.17) is 4.42 Å². The normalized spacial score (nSPS) is 11.1. The number of hydrogen-bond acceptors (Lipinski definition) is 3. The fraction of sp³-hybridized carbons (Fsp3) is 0.231. The highest BCUT2D eigenvalue weighted by Gasteiger charge is 2.09. The molecule has 0 aliphatic carbocycles. The van der Waals surface area contributed by atoms with Crippen LogP contribution in [0.3, 0.4) is 0 Å². The molecule has 2 rings (SSSR count). The summed E-state index contributed by atoms with van der Waals surface area (Å²) in [5.74, 6) is 0.910. The van der Waals surface area contributed by atoms with Crippen LogP contribution >= 0.6 is 31.9 Å². The van der Waals surface area contributed by atoms with E-state index < -0.39 is 6.61 Å². The maximum absolute atomic E-state index is 12.3. The summed E-state index contributed by atoms with van der Waals surface area (Å²) in [6, 6.07) is 8.51. The Morgan fingerprint density at radius 3 is 2.60 bits per heavy atom. The minimum Gasteiger partial charge on any atom is -0.452 e. The molecular weight excluding hydrogens is 400 g/mol. The van der Waals surface area contributed by atoms with Crippen molar-refractivity contribution < 1.29 is 17.9 Å². The van der Waals surface area contributed by atoms with Gasteiger partial charge in [-0.3, -0.25) is 0 Å². The maximum Gasteiger partial charge on any atom is 0.387 e. The van der Waals surface area contributed by atoms with E-state index in [1.807, 2.05) is 6.07 Å². The van der Waals surface area contributed by atoms with Crippen molar-refractivity contribution in [3.8, 4) is 5.75 Å². The predicted molar refractivity (Wildman–Crippen MR) is 77.7 cm³/mol. The minimum absolute atomic E-state index is 0.178. The SMILES string of the molecule is FC(F)Oc1ccccc1CNCc1cc(Br)c(Br)o1. The smallest absolute Gasteiger partial charge is 0.387 e. The summed E-state index contributed by atoms with van der Waals surface area (Å²) in [7, 11) is 0. The molecule has 0 radical (unpaired) electrons. The molecule has 0 aliphatic rings. The number of alkyl halides is 2. The van der Waals surface area contributed by atoms with Gasteiger partial charge in [0.1, 0.15) is 11.5 Å². The lowest BCUT2D eigenvalue weighted by atomic mass is 10.2. The summed E-state index contributed by atoms with van der Waals surface area (Å²) in [4.78, 5) is 0. The van der Waals surface area contributed by atoms with Gasteiger partial charge >= 0.3 is 6.61 Å². The van der Waals surface area contributed by atoms with Crippen molar-refractivity contribution in [2.45, 2.75) is 19.7 Å². The Morgan fingerprint density at radius 2 is 1.95 bits per heavy atom. The molecule has 0 saturated heterocycles. The van der Waals surface area contributed by atoms with Crippen molar-refractivity contribution in [1.29, 1.82) is 0 Å². The second-order valence-corrected chi connectivity index (χ2v) is 5.50. The molecule has 0 aliphatic heterocycles. The molecule has 20 heavy (non-hydrogen) atoms. The standard InChI is InChI=1S/C13H11Br2F2NO2/c14-10-5-9(19-12(10)15)7-18-6-8-3-1-2-4-11(8)20-13(16)17/h1-5,13,18H,6-7H2. The molecule has 7 heteroatoms. The molecule has 0 spiro atoms. The van der Waals surface area contributed by atoms with Crippen LogP contribution in [0.25, 0.3) is 0 Å². The van der Waals surface area contributed by atoms with Crippen molar-refractivity contribution >= 4 is 31.9 Å². The van der Waals surface area contributed by atoms with E-state index in [1.165, 1.54) is 6.07 Å². The molecule has 3 nitrogen and oxygen atoms in total. The monoisotopic (exact) mass is 409 g/mol. The molecule has 0 atom stereocenters. The first kappa shape index (κ1) is 15.5. The maximum atomic E-state index is 12.3. The van der Waals surface area contributed by atoms with Gasteiger partial charge in [-0.2, -0.15) is 8.78 Å². The molecule has 1 aromatic carbocycles. The number of furan rings is 1. The Bertz CT molecular complexity index is 556. The van der Waals surface area contributed by atoms with Crippen LogP contribution < -0.4 is 10.1 Å². The first-order valence-corrected chi connectivity index (χ1v) is 7.32. The molecule has 0 saturated carbocycles. The summed E-state index contributed by atoms with van der Waals surface area (Å²) in [5.41, 5.74) is 0.664. The quantitative estimate of drug-likeness (QED) is 0.749. The van der Waals surface area contributed by atoms with E-state index in [2.05, 4.69) is 41.9 Å². The van der Waals surface area contributed by atoms with Gasteiger partial charge < -0.3 is 14.5 Å². The zero-order valence-corrected chi connectivity index (χ0v) is 13.4. The van der Waals surface area contributed by atoms with Crippen molar-refractivity contribution in [2.75, 3.05) is 0 Å². The predicted octanol–water partition coefficient (Wildman–Crippen LogP) is 4.70. The van der Waals surface area contributed by atoms with Crippen LogP contribution in [0.5, 0.6) is 5.75 Å². The van der Waals surface area contributed by atoms with Crippen LogP contribution in [-0.4, -0.2) is 6.61 Å². The van der Waals surface area contributed by atoms with E-state index in [0.29, 0.717) is 23.3 Å². The summed E-state index contributed by atoms with van der Waals surface area (Å²) in [5, 5.41) is 3.11. The second kappa shape index (κ2) is 7.19. The van der Waals surface area contributed by atoms with E-state index >= 15 is 0 Å². The van der Waals surface area contributed by atoms with Crippen LogP contribution in [0.15, 0.2) is 43.9 Å². The Morgan fingerprint density at radius 1 is 1.20 bits per heavy atom. The van der Waals surface area contributed by atoms with E-state index in [9.17, 15) is 8.78 Å². The number of rotatable bonds is 6. The highest BCUT2D eigenvalue weighted by Crippen LogP contribution is 2.26. The zero-order valence-electron chi connectivity index (χ0n) is 10.2. The molecule has 1 N–H and O–H groups in total. The Balaban J connectivity index is 1.93. The highest BCUT2D eigenvalue weighted by molar-refractivity contribution is 9.13. The van der Waals surface area contributed by atoms with Crippen LogP contribution in [0.4, 0.5) is 8.78 Å². The fourth-order valence-corrected chi connectivity index (χ4v) is 2.32. The summed E-state index contributed by atoms with van der Waals surface area (Å²) in [6.45, 7) is -1.94. The molecule has 1 heterocycles. The molecular formula is C13H11Br2F2NO2. The highest BCUT2D eigenvalue weighted by atomic mass is 79.9. The molecule has 0 amide bonds. The first-order chi connectivity index (χ1) is 9.56. The van der Waals surface area contributed by atoms with Crippen molar-refractivity contribution in [3.05, 3.63) is 50.8 Å². The van der Waals surface area contributed by atoms with Crippen molar-refractivity contribution in [1.82, 2.24) is 5.32 Å². The van der Waals surface area contributed by atoms with Crippen LogP contribution in [0.2, 0.25) is 0 Å². The molecule has 108 valence electrons. The van der Waals surface area contributed by atoms with Crippen molar-refractivity contribution in [2.24, 2.45) is 0 Å². The topological polar surface area (TPSA) is 34.4 Å². The van der Waals surface area contributed by atoms with Crippen LogP contribution in [0.1, 0.15) is 11.3 Å². The largest absolute Gasteiger partial charge is 0.452 e. The third kappa shape index (κ3) is 4.29. The second-order valence-electron chi connectivity index (χ2n) is 3.92. The van der Waals surface area contributed by atoms with Gasteiger partial charge in [0.15, 0.2) is 4.67 Å². The molecule has 0 bridgehead atoms. The Kier molecular flexibility index (Phi) is 5.56. The number of ether oxygens (including phenoxy) is 1. The summed E-state index contributed by atoms with van der Waals surface area (Å²) < 4.78 is 35.8. The lowest BCUT2D eigenvalue weighted by molar-refractivity contribution is -0.0505. The van der Waals surface area contributed by atoms with Crippen LogP contribution in [0, 0.1) is 0 Å². The molecule has 1 aromatic heterocycles. The third-order valence-electron chi connectivity index (χ3n) is 2.50. The van der Waals surface area contributed by atoms with Crippen LogP contribution in [-0.2, 0) is 13.1 Å². The van der Waals surface area contributed by atoms with E-state index in [1.54, 1.807) is 18.2 Å². The Hall–Kier alpha value is -0.920. The summed E-state index contributed by atoms with van der Waals surface area (Å²) >= 11 is 6.57. The van der Waals surface area contributed by atoms with Gasteiger partial charge in [-0.1, -0.05) is 18.2 Å². The van der Waals surface area contributed by atoms with Crippen molar-refractivity contribution in [3.63, 3.8) is 0 Å². The fourth-order valence-electron chi connectivity index (χ4n) is 1.66. The van der Waals surface area contributed by atoms with E-state index in [0.717, 1.165) is 10.2 Å². The van der Waals surface area contributed by atoms with E-state index in [-0.39, 0.29) is 5.75 Å². The Labute approximate surface area is 131 Å². The number of benzene rings is 1. The van der Waals surface area contributed by atoms with Gasteiger partial charge in [0, 0.05) is 12.1 Å². The number of halogens is 4. The first-order valence-electron chi connectivity index (χ1n) is 5.73. The third-order valence-corrected chi connectivity index (χ3v) is 4.21. The van der Waals surface area contributed by atoms with Gasteiger partial charge in [0.25, 0.3) is 0 Å². The number of nitrogens with one attached hydrogen (secondary N) is 1. The average molecular weight is 411 g/mol. The van der Waals surface area contributed by atoms with Gasteiger partial charge in [-0.15, -0.1) is 0 Å². The molecule has 0 fully saturated rings. The molecule has 0 unspecified atom stereocenters. The zero-order chi connectivity index (χ0) is 14.5. The number of para-hydroxylation sites is 1. The van der Waals surface area contributed by atoms with Gasteiger partial charge in [-0.25, -0.2) is 0 Å². The van der Waals surface area contributed by atoms with Gasteiger partial charge in [0.2, 0.25) is 0 Å². The molecule has 2 aromatic rings. The summed E-state index contributed by atoms with van der Waals surface area (Å²) in [6.07, 6.45) is 0. The average Bonchev–Trinajstić information content (AvgIpc) is 2.70. The lowest BCUT2D eigenvalue weighted by Gasteiger charge is -2.10. The number of hydrogen-bond donors (Lipinski definition) is 1.